The fourth-order valence-corrected chi connectivity index (χ4v) is 2.81. The number of fused-ring (bicyclic) bond motifs is 1. The molecule has 0 aromatic carbocycles. The number of imidazole rings is 1. The van der Waals surface area contributed by atoms with Crippen LogP contribution in [0.4, 0.5) is 5.82 Å². The van der Waals surface area contributed by atoms with Gasteiger partial charge < -0.3 is 31.1 Å². The van der Waals surface area contributed by atoms with Crippen molar-refractivity contribution < 1.29 is 24.9 Å². The molecule has 2 aromatic rings. The monoisotopic (exact) mass is 366 g/mol. The molecule has 11 heteroatoms. The molecule has 0 aliphatic carbocycles. The third-order valence-electron chi connectivity index (χ3n) is 4.52. The summed E-state index contributed by atoms with van der Waals surface area (Å²) in [5.74, 6) is -0.524. The summed E-state index contributed by atoms with van der Waals surface area (Å²) >= 11 is 0. The standard InChI is InChI=1S/C15H22N6O5/c1-3-6(2)20-14(25)10(24)11-8(22)9(23)15(26-11)21-5-19-7-12(16)17-4-18-13(7)21/h4-6,8-11,15,22-24H,3H2,1-2H3,(H,20,25)(H2,16,17,18)/t6?,8?,9?,10?,11-,15+/m0/s1. The van der Waals surface area contributed by atoms with Crippen LogP contribution in [-0.2, 0) is 9.53 Å². The lowest BCUT2D eigenvalue weighted by Crippen LogP contribution is -2.49. The average molecular weight is 366 g/mol. The number of nitrogen functional groups attached to an aromatic ring is 1. The maximum absolute atomic E-state index is 12.1. The highest BCUT2D eigenvalue weighted by atomic mass is 16.6. The normalized spacial score (nSPS) is 28.2. The molecule has 1 aliphatic heterocycles. The first-order valence-corrected chi connectivity index (χ1v) is 8.28. The Labute approximate surface area is 148 Å². The number of nitrogens with two attached hydrogens (primary N) is 1. The van der Waals surface area contributed by atoms with E-state index in [9.17, 15) is 20.1 Å². The predicted octanol–water partition coefficient (Wildman–Crippen LogP) is -1.70. The largest absolute Gasteiger partial charge is 0.387 e. The van der Waals surface area contributed by atoms with Crippen LogP contribution in [0.2, 0.25) is 0 Å². The first kappa shape index (κ1) is 18.5. The molecule has 2 aromatic heterocycles. The number of aliphatic hydroxyl groups is 3. The Morgan fingerprint density at radius 1 is 1.38 bits per heavy atom. The molecule has 0 bridgehead atoms. The average Bonchev–Trinajstić information content (AvgIpc) is 3.17. The van der Waals surface area contributed by atoms with Gasteiger partial charge in [-0.3, -0.25) is 9.36 Å². The molecule has 6 N–H and O–H groups in total. The number of hydrogen-bond donors (Lipinski definition) is 5. The van der Waals surface area contributed by atoms with E-state index in [-0.39, 0.29) is 11.9 Å². The Balaban J connectivity index is 1.83. The Hall–Kier alpha value is -2.34. The lowest BCUT2D eigenvalue weighted by atomic mass is 10.0. The lowest BCUT2D eigenvalue weighted by molar-refractivity contribution is -0.144. The molecule has 3 heterocycles. The van der Waals surface area contributed by atoms with E-state index in [2.05, 4.69) is 20.3 Å². The second-order valence-corrected chi connectivity index (χ2v) is 6.32. The van der Waals surface area contributed by atoms with Crippen LogP contribution in [0.25, 0.3) is 11.2 Å². The molecule has 3 rings (SSSR count). The molecule has 1 fully saturated rings. The Kier molecular flexibility index (Phi) is 5.05. The van der Waals surface area contributed by atoms with Crippen LogP contribution in [0, 0.1) is 0 Å². The molecule has 6 atom stereocenters. The molecule has 4 unspecified atom stereocenters. The fourth-order valence-electron chi connectivity index (χ4n) is 2.81. The molecule has 1 saturated heterocycles. The molecule has 1 aliphatic rings. The van der Waals surface area contributed by atoms with Crippen LogP contribution < -0.4 is 11.1 Å². The van der Waals surface area contributed by atoms with Gasteiger partial charge in [-0.15, -0.1) is 0 Å². The summed E-state index contributed by atoms with van der Waals surface area (Å²) in [6, 6.07) is -0.145. The van der Waals surface area contributed by atoms with Crippen LogP contribution >= 0.6 is 0 Å². The first-order valence-electron chi connectivity index (χ1n) is 8.28. The summed E-state index contributed by atoms with van der Waals surface area (Å²) in [4.78, 5) is 24.1. The molecule has 0 spiro atoms. The molecule has 26 heavy (non-hydrogen) atoms. The van der Waals surface area contributed by atoms with Gasteiger partial charge in [0, 0.05) is 6.04 Å². The van der Waals surface area contributed by atoms with E-state index in [1.165, 1.54) is 17.2 Å². The topological polar surface area (TPSA) is 169 Å². The number of rotatable bonds is 5. The minimum absolute atomic E-state index is 0.145. The lowest BCUT2D eigenvalue weighted by Gasteiger charge is -2.22. The summed E-state index contributed by atoms with van der Waals surface area (Å²) in [5, 5.41) is 33.5. The molecule has 0 radical (unpaired) electrons. The highest BCUT2D eigenvalue weighted by Crippen LogP contribution is 2.33. The zero-order valence-electron chi connectivity index (χ0n) is 14.4. The van der Waals surface area contributed by atoms with Crippen LogP contribution in [0.3, 0.4) is 0 Å². The van der Waals surface area contributed by atoms with Crippen molar-refractivity contribution in [3.05, 3.63) is 12.7 Å². The van der Waals surface area contributed by atoms with Gasteiger partial charge in [0.15, 0.2) is 23.8 Å². The number of amides is 1. The van der Waals surface area contributed by atoms with Crippen molar-refractivity contribution in [2.45, 2.75) is 57.0 Å². The smallest absolute Gasteiger partial charge is 0.251 e. The van der Waals surface area contributed by atoms with Crippen molar-refractivity contribution in [2.24, 2.45) is 0 Å². The number of aromatic nitrogens is 4. The van der Waals surface area contributed by atoms with Gasteiger partial charge in [0.05, 0.1) is 6.33 Å². The number of nitrogens with zero attached hydrogens (tertiary/aromatic N) is 4. The summed E-state index contributed by atoms with van der Waals surface area (Å²) in [6.07, 6.45) is -3.68. The van der Waals surface area contributed by atoms with E-state index in [4.69, 9.17) is 10.5 Å². The Morgan fingerprint density at radius 3 is 2.81 bits per heavy atom. The van der Waals surface area contributed by atoms with E-state index in [1.54, 1.807) is 6.92 Å². The fraction of sp³-hybridized carbons (Fsp3) is 0.600. The molecule has 1 amide bonds. The highest BCUT2D eigenvalue weighted by molar-refractivity contribution is 5.82. The third-order valence-corrected chi connectivity index (χ3v) is 4.52. The molecular formula is C15H22N6O5. The second kappa shape index (κ2) is 7.11. The minimum atomic E-state index is -1.65. The van der Waals surface area contributed by atoms with Gasteiger partial charge in [0.2, 0.25) is 0 Å². The molecular weight excluding hydrogens is 344 g/mol. The Bertz CT molecular complexity index is 798. The van der Waals surface area contributed by atoms with E-state index in [0.29, 0.717) is 17.6 Å². The zero-order chi connectivity index (χ0) is 19.0. The van der Waals surface area contributed by atoms with Crippen molar-refractivity contribution >= 4 is 22.9 Å². The van der Waals surface area contributed by atoms with Crippen molar-refractivity contribution in [1.82, 2.24) is 24.8 Å². The number of nitrogens with one attached hydrogen (secondary N) is 1. The van der Waals surface area contributed by atoms with Crippen molar-refractivity contribution in [1.29, 1.82) is 0 Å². The number of anilines is 1. The SMILES string of the molecule is CCC(C)NC(=O)C(O)[C@H]1O[C@@H](n2cnc3c(N)ncnc32)C(O)C1O. The second-order valence-electron chi connectivity index (χ2n) is 6.32. The molecule has 11 nitrogen and oxygen atoms in total. The van der Waals surface area contributed by atoms with Crippen LogP contribution in [0.5, 0.6) is 0 Å². The Morgan fingerprint density at radius 2 is 2.12 bits per heavy atom. The van der Waals surface area contributed by atoms with Crippen LogP contribution in [0.1, 0.15) is 26.5 Å². The van der Waals surface area contributed by atoms with Crippen molar-refractivity contribution in [3.8, 4) is 0 Å². The summed E-state index contributed by atoms with van der Waals surface area (Å²) in [5.41, 5.74) is 6.35. The van der Waals surface area contributed by atoms with Gasteiger partial charge in [0.1, 0.15) is 30.2 Å². The maximum Gasteiger partial charge on any atom is 0.251 e. The van der Waals surface area contributed by atoms with Crippen molar-refractivity contribution in [2.75, 3.05) is 5.73 Å². The van der Waals surface area contributed by atoms with E-state index >= 15 is 0 Å². The number of hydrogen-bond acceptors (Lipinski definition) is 9. The van der Waals surface area contributed by atoms with Gasteiger partial charge in [-0.1, -0.05) is 6.92 Å². The van der Waals surface area contributed by atoms with E-state index in [0.717, 1.165) is 0 Å². The van der Waals surface area contributed by atoms with Gasteiger partial charge in [-0.05, 0) is 13.3 Å². The number of carbonyl (C=O) groups excluding carboxylic acids is 1. The maximum atomic E-state index is 12.1. The summed E-state index contributed by atoms with van der Waals surface area (Å²) in [6.45, 7) is 3.67. The zero-order valence-corrected chi connectivity index (χ0v) is 14.4. The third kappa shape index (κ3) is 3.09. The summed E-state index contributed by atoms with van der Waals surface area (Å²) in [7, 11) is 0. The van der Waals surface area contributed by atoms with Crippen LogP contribution in [0.15, 0.2) is 12.7 Å². The molecule has 0 saturated carbocycles. The van der Waals surface area contributed by atoms with Gasteiger partial charge in [-0.25, -0.2) is 15.0 Å². The van der Waals surface area contributed by atoms with Crippen molar-refractivity contribution in [3.63, 3.8) is 0 Å². The van der Waals surface area contributed by atoms with E-state index in [1.807, 2.05) is 6.92 Å². The predicted molar refractivity (Wildman–Crippen MR) is 89.6 cm³/mol. The van der Waals surface area contributed by atoms with Gasteiger partial charge >= 0.3 is 0 Å². The summed E-state index contributed by atoms with van der Waals surface area (Å²) < 4.78 is 6.96. The van der Waals surface area contributed by atoms with Gasteiger partial charge in [-0.2, -0.15) is 0 Å². The number of aliphatic hydroxyl groups excluding tert-OH is 3. The first-order chi connectivity index (χ1) is 12.3. The quantitative estimate of drug-likeness (QED) is 0.414. The minimum Gasteiger partial charge on any atom is -0.387 e. The van der Waals surface area contributed by atoms with Gasteiger partial charge in [0.25, 0.3) is 5.91 Å². The molecule has 142 valence electrons. The van der Waals surface area contributed by atoms with Crippen LogP contribution in [-0.4, -0.2) is 71.2 Å². The number of carbonyl (C=O) groups is 1. The van der Waals surface area contributed by atoms with E-state index < -0.39 is 36.6 Å². The highest BCUT2D eigenvalue weighted by Gasteiger charge is 2.49. The number of ether oxygens (including phenoxy) is 1.